The average Bonchev–Trinajstić information content (AvgIpc) is 2.15. The summed E-state index contributed by atoms with van der Waals surface area (Å²) in [4.78, 5) is 0. The molecule has 0 fully saturated rings. The first-order valence-electron chi connectivity index (χ1n) is 4.81. The van der Waals surface area contributed by atoms with Crippen molar-refractivity contribution in [1.29, 1.82) is 0 Å². The highest BCUT2D eigenvalue weighted by molar-refractivity contribution is 6.19. The summed E-state index contributed by atoms with van der Waals surface area (Å²) < 4.78 is 5.44. The SMILES string of the molecule is CC(C)/C(=C\C1CCC=CO1)CCl. The Bertz CT molecular complexity index is 206. The van der Waals surface area contributed by atoms with Crippen molar-refractivity contribution in [2.45, 2.75) is 32.8 Å². The first-order valence-corrected chi connectivity index (χ1v) is 5.34. The highest BCUT2D eigenvalue weighted by Crippen LogP contribution is 2.18. The summed E-state index contributed by atoms with van der Waals surface area (Å²) in [5, 5.41) is 0. The summed E-state index contributed by atoms with van der Waals surface area (Å²) in [6, 6.07) is 0. The second-order valence-corrected chi connectivity index (χ2v) is 3.92. The number of alkyl halides is 1. The molecule has 0 saturated carbocycles. The van der Waals surface area contributed by atoms with E-state index in [1.54, 1.807) is 6.26 Å². The van der Waals surface area contributed by atoms with Gasteiger partial charge in [0.1, 0.15) is 6.10 Å². The molecule has 1 aliphatic rings. The average molecular weight is 201 g/mol. The first-order chi connectivity index (χ1) is 6.24. The molecule has 0 radical (unpaired) electrons. The highest BCUT2D eigenvalue weighted by Gasteiger charge is 2.10. The summed E-state index contributed by atoms with van der Waals surface area (Å²) in [7, 11) is 0. The van der Waals surface area contributed by atoms with Gasteiger partial charge in [-0.25, -0.2) is 0 Å². The second-order valence-electron chi connectivity index (χ2n) is 3.65. The van der Waals surface area contributed by atoms with Crippen molar-refractivity contribution in [2.75, 3.05) is 5.88 Å². The Labute approximate surface area is 85.4 Å². The van der Waals surface area contributed by atoms with E-state index in [1.165, 1.54) is 5.57 Å². The van der Waals surface area contributed by atoms with E-state index in [4.69, 9.17) is 16.3 Å². The third-order valence-corrected chi connectivity index (χ3v) is 2.57. The molecule has 0 aromatic rings. The van der Waals surface area contributed by atoms with E-state index in [2.05, 4.69) is 26.0 Å². The zero-order chi connectivity index (χ0) is 9.68. The van der Waals surface area contributed by atoms with Crippen molar-refractivity contribution >= 4 is 11.6 Å². The lowest BCUT2D eigenvalue weighted by molar-refractivity contribution is 0.164. The van der Waals surface area contributed by atoms with Gasteiger partial charge in [-0.3, -0.25) is 0 Å². The molecule has 0 amide bonds. The van der Waals surface area contributed by atoms with Crippen LogP contribution in [0.2, 0.25) is 0 Å². The molecule has 1 rings (SSSR count). The van der Waals surface area contributed by atoms with Crippen LogP contribution in [0, 0.1) is 5.92 Å². The maximum atomic E-state index is 5.84. The Morgan fingerprint density at radius 1 is 1.69 bits per heavy atom. The highest BCUT2D eigenvalue weighted by atomic mass is 35.5. The van der Waals surface area contributed by atoms with Crippen LogP contribution in [0.5, 0.6) is 0 Å². The number of hydrogen-bond donors (Lipinski definition) is 0. The molecular formula is C11H17ClO. The van der Waals surface area contributed by atoms with Crippen LogP contribution in [-0.4, -0.2) is 12.0 Å². The van der Waals surface area contributed by atoms with E-state index in [9.17, 15) is 0 Å². The Kier molecular flexibility index (Phi) is 4.37. The quantitative estimate of drug-likeness (QED) is 0.501. The third kappa shape index (κ3) is 3.43. The van der Waals surface area contributed by atoms with Gasteiger partial charge < -0.3 is 4.74 Å². The van der Waals surface area contributed by atoms with Gasteiger partial charge in [0.25, 0.3) is 0 Å². The Balaban J connectivity index is 2.55. The molecule has 0 spiro atoms. The van der Waals surface area contributed by atoms with Crippen LogP contribution in [-0.2, 0) is 4.74 Å². The molecule has 13 heavy (non-hydrogen) atoms. The van der Waals surface area contributed by atoms with E-state index in [0.29, 0.717) is 11.8 Å². The monoisotopic (exact) mass is 200 g/mol. The first kappa shape index (κ1) is 10.6. The summed E-state index contributed by atoms with van der Waals surface area (Å²) in [5.74, 6) is 1.13. The molecule has 1 atom stereocenters. The Hall–Kier alpha value is -0.430. The summed E-state index contributed by atoms with van der Waals surface area (Å²) in [6.07, 6.45) is 8.43. The fourth-order valence-electron chi connectivity index (χ4n) is 1.31. The standard InChI is InChI=1S/C11H17ClO/c1-9(2)10(8-12)7-11-5-3-4-6-13-11/h4,6-7,9,11H,3,5,8H2,1-2H3/b10-7-. The molecule has 0 aliphatic carbocycles. The van der Waals surface area contributed by atoms with E-state index in [0.717, 1.165) is 12.8 Å². The zero-order valence-electron chi connectivity index (χ0n) is 8.29. The number of halogens is 1. The molecule has 2 heteroatoms. The summed E-state index contributed by atoms with van der Waals surface area (Å²) in [5.41, 5.74) is 1.28. The Morgan fingerprint density at radius 3 is 2.92 bits per heavy atom. The molecule has 0 aromatic heterocycles. The number of hydrogen-bond acceptors (Lipinski definition) is 1. The van der Waals surface area contributed by atoms with Gasteiger partial charge in [-0.15, -0.1) is 11.6 Å². The molecule has 1 nitrogen and oxygen atoms in total. The molecule has 0 aromatic carbocycles. The molecular weight excluding hydrogens is 184 g/mol. The fraction of sp³-hybridized carbons (Fsp3) is 0.636. The summed E-state index contributed by atoms with van der Waals surface area (Å²) >= 11 is 5.84. The fourth-order valence-corrected chi connectivity index (χ4v) is 1.70. The molecule has 74 valence electrons. The van der Waals surface area contributed by atoms with Crippen molar-refractivity contribution in [3.05, 3.63) is 24.0 Å². The van der Waals surface area contributed by atoms with Gasteiger partial charge in [0.05, 0.1) is 6.26 Å². The van der Waals surface area contributed by atoms with Gasteiger partial charge in [0, 0.05) is 5.88 Å². The van der Waals surface area contributed by atoms with Crippen molar-refractivity contribution in [3.8, 4) is 0 Å². The summed E-state index contributed by atoms with van der Waals surface area (Å²) in [6.45, 7) is 4.32. The predicted molar refractivity (Wildman–Crippen MR) is 56.9 cm³/mol. The minimum absolute atomic E-state index is 0.237. The maximum Gasteiger partial charge on any atom is 0.117 e. The lowest BCUT2D eigenvalue weighted by Gasteiger charge is -2.18. The zero-order valence-corrected chi connectivity index (χ0v) is 9.05. The minimum atomic E-state index is 0.237. The van der Waals surface area contributed by atoms with Gasteiger partial charge in [-0.2, -0.15) is 0 Å². The van der Waals surface area contributed by atoms with E-state index in [-0.39, 0.29) is 6.10 Å². The Morgan fingerprint density at radius 2 is 2.46 bits per heavy atom. The van der Waals surface area contributed by atoms with Crippen molar-refractivity contribution in [1.82, 2.24) is 0 Å². The molecule has 1 aliphatic heterocycles. The number of ether oxygens (including phenoxy) is 1. The smallest absolute Gasteiger partial charge is 0.117 e. The molecule has 1 unspecified atom stereocenters. The predicted octanol–water partition coefficient (Wildman–Crippen LogP) is 3.50. The maximum absolute atomic E-state index is 5.84. The largest absolute Gasteiger partial charge is 0.494 e. The third-order valence-electron chi connectivity index (χ3n) is 2.26. The van der Waals surface area contributed by atoms with Crippen LogP contribution in [0.4, 0.5) is 0 Å². The van der Waals surface area contributed by atoms with E-state index < -0.39 is 0 Å². The van der Waals surface area contributed by atoms with Gasteiger partial charge in [-0.05, 0) is 30.9 Å². The van der Waals surface area contributed by atoms with Gasteiger partial charge in [-0.1, -0.05) is 19.4 Å². The topological polar surface area (TPSA) is 9.23 Å². The lowest BCUT2D eigenvalue weighted by atomic mass is 10.0. The van der Waals surface area contributed by atoms with Crippen molar-refractivity contribution in [2.24, 2.45) is 5.92 Å². The molecule has 0 bridgehead atoms. The van der Waals surface area contributed by atoms with Crippen LogP contribution < -0.4 is 0 Å². The van der Waals surface area contributed by atoms with Crippen molar-refractivity contribution in [3.63, 3.8) is 0 Å². The van der Waals surface area contributed by atoms with Gasteiger partial charge in [0.15, 0.2) is 0 Å². The van der Waals surface area contributed by atoms with Crippen LogP contribution in [0.15, 0.2) is 24.0 Å². The molecule has 0 N–H and O–H groups in total. The van der Waals surface area contributed by atoms with Crippen LogP contribution >= 0.6 is 11.6 Å². The number of allylic oxidation sites excluding steroid dienone is 2. The van der Waals surface area contributed by atoms with Gasteiger partial charge >= 0.3 is 0 Å². The van der Waals surface area contributed by atoms with Gasteiger partial charge in [0.2, 0.25) is 0 Å². The van der Waals surface area contributed by atoms with E-state index in [1.807, 2.05) is 0 Å². The molecule has 0 saturated heterocycles. The van der Waals surface area contributed by atoms with Crippen LogP contribution in [0.25, 0.3) is 0 Å². The normalized spacial score (nSPS) is 23.4. The minimum Gasteiger partial charge on any atom is -0.494 e. The van der Waals surface area contributed by atoms with E-state index >= 15 is 0 Å². The lowest BCUT2D eigenvalue weighted by Crippen LogP contribution is -2.11. The van der Waals surface area contributed by atoms with Crippen LogP contribution in [0.3, 0.4) is 0 Å². The van der Waals surface area contributed by atoms with Crippen LogP contribution in [0.1, 0.15) is 26.7 Å². The molecule has 1 heterocycles. The second kappa shape index (κ2) is 5.33. The number of rotatable bonds is 3. The van der Waals surface area contributed by atoms with Crippen molar-refractivity contribution < 1.29 is 4.74 Å².